The van der Waals surface area contributed by atoms with Crippen molar-refractivity contribution < 1.29 is 14.0 Å². The summed E-state index contributed by atoms with van der Waals surface area (Å²) in [7, 11) is 0. The third-order valence-electron chi connectivity index (χ3n) is 4.27. The predicted octanol–water partition coefficient (Wildman–Crippen LogP) is 4.20. The topological polar surface area (TPSA) is 53.9 Å². The van der Waals surface area contributed by atoms with Gasteiger partial charge in [-0.1, -0.05) is 47.1 Å². The maximum atomic E-state index is 13.1. The number of urea groups is 1. The Balaban J connectivity index is 1.67. The van der Waals surface area contributed by atoms with Crippen molar-refractivity contribution in [3.05, 3.63) is 70.5 Å². The highest BCUT2D eigenvalue weighted by molar-refractivity contribution is 6.31. The first kappa shape index (κ1) is 19.2. The second-order valence-corrected chi connectivity index (χ2v) is 6.69. The third-order valence-corrected chi connectivity index (χ3v) is 4.64. The average Bonchev–Trinajstić information content (AvgIpc) is 3.12. The number of rotatable bonds is 6. The number of oxime groups is 1. The molecule has 0 bridgehead atoms. The summed E-state index contributed by atoms with van der Waals surface area (Å²) < 4.78 is 13.1. The minimum atomic E-state index is -0.294. The summed E-state index contributed by atoms with van der Waals surface area (Å²) in [5.74, 6) is -0.294. The molecule has 0 aliphatic carbocycles. The van der Waals surface area contributed by atoms with Crippen LogP contribution in [0.15, 0.2) is 53.7 Å². The molecule has 0 fully saturated rings. The van der Waals surface area contributed by atoms with Crippen LogP contribution >= 0.6 is 11.6 Å². The lowest BCUT2D eigenvalue weighted by molar-refractivity contribution is 0.0590. The number of benzene rings is 2. The molecule has 1 atom stereocenters. The third kappa shape index (κ3) is 4.98. The normalized spacial score (nSPS) is 15.8. The number of amides is 2. The zero-order chi connectivity index (χ0) is 19.2. The predicted molar refractivity (Wildman–Crippen MR) is 103 cm³/mol. The molecule has 0 aromatic heterocycles. The Morgan fingerprint density at radius 1 is 1.30 bits per heavy atom. The molecular formula is C20H21ClFN3O2. The molecule has 7 heteroatoms. The van der Waals surface area contributed by atoms with Gasteiger partial charge in [-0.15, -0.1) is 0 Å². The first-order valence-electron chi connectivity index (χ1n) is 8.81. The summed E-state index contributed by atoms with van der Waals surface area (Å²) in [6.45, 7) is 3.14. The lowest BCUT2D eigenvalue weighted by Crippen LogP contribution is -2.43. The van der Waals surface area contributed by atoms with Crippen LogP contribution in [0, 0.1) is 5.82 Å². The van der Waals surface area contributed by atoms with Gasteiger partial charge in [-0.3, -0.25) is 0 Å². The highest BCUT2D eigenvalue weighted by Crippen LogP contribution is 2.21. The van der Waals surface area contributed by atoms with Gasteiger partial charge in [0.25, 0.3) is 0 Å². The molecule has 1 unspecified atom stereocenters. The van der Waals surface area contributed by atoms with E-state index in [9.17, 15) is 9.18 Å². The van der Waals surface area contributed by atoms with Crippen molar-refractivity contribution in [3.63, 3.8) is 0 Å². The van der Waals surface area contributed by atoms with Gasteiger partial charge in [-0.05, 0) is 36.2 Å². The highest BCUT2D eigenvalue weighted by Gasteiger charge is 2.27. The van der Waals surface area contributed by atoms with E-state index in [1.165, 1.54) is 12.1 Å². The Labute approximate surface area is 162 Å². The lowest BCUT2D eigenvalue weighted by Gasteiger charge is -2.25. The summed E-state index contributed by atoms with van der Waals surface area (Å²) >= 11 is 6.24. The summed E-state index contributed by atoms with van der Waals surface area (Å²) in [6.07, 6.45) is 0.277. The maximum absolute atomic E-state index is 13.1. The van der Waals surface area contributed by atoms with Crippen LogP contribution < -0.4 is 5.32 Å². The van der Waals surface area contributed by atoms with Gasteiger partial charge in [0.1, 0.15) is 5.82 Å². The molecule has 0 saturated carbocycles. The molecule has 27 heavy (non-hydrogen) atoms. The van der Waals surface area contributed by atoms with Gasteiger partial charge in [0.2, 0.25) is 0 Å². The standard InChI is InChI=1S/C20H21ClFN3O2/c1-2-23-20(26)25(12-15-5-3-4-6-18(15)21)13-17-11-19(24-27-17)14-7-9-16(22)10-8-14/h3-10,17H,2,11-13H2,1H3,(H,23,26). The Kier molecular flexibility index (Phi) is 6.29. The molecule has 1 aliphatic rings. The van der Waals surface area contributed by atoms with Gasteiger partial charge in [0, 0.05) is 24.5 Å². The van der Waals surface area contributed by atoms with Crippen molar-refractivity contribution in [2.45, 2.75) is 26.0 Å². The fourth-order valence-corrected chi connectivity index (χ4v) is 3.09. The summed E-state index contributed by atoms with van der Waals surface area (Å²) in [5.41, 5.74) is 2.42. The smallest absolute Gasteiger partial charge is 0.317 e. The van der Waals surface area contributed by atoms with Crippen molar-refractivity contribution in [2.75, 3.05) is 13.1 Å². The number of nitrogens with one attached hydrogen (secondary N) is 1. The first-order chi connectivity index (χ1) is 13.1. The summed E-state index contributed by atoms with van der Waals surface area (Å²) in [4.78, 5) is 19.7. The van der Waals surface area contributed by atoms with Gasteiger partial charge >= 0.3 is 6.03 Å². The second kappa shape index (κ2) is 8.86. The van der Waals surface area contributed by atoms with Gasteiger partial charge < -0.3 is 15.1 Å². The molecule has 0 saturated heterocycles. The number of carbonyl (C=O) groups is 1. The molecule has 0 radical (unpaired) electrons. The number of hydrogen-bond acceptors (Lipinski definition) is 3. The molecule has 1 heterocycles. The van der Waals surface area contributed by atoms with E-state index in [1.807, 2.05) is 25.1 Å². The van der Waals surface area contributed by atoms with E-state index >= 15 is 0 Å². The zero-order valence-corrected chi connectivity index (χ0v) is 15.7. The van der Waals surface area contributed by atoms with Gasteiger partial charge in [-0.25, -0.2) is 9.18 Å². The molecule has 2 amide bonds. The van der Waals surface area contributed by atoms with Crippen LogP contribution in [0.25, 0.3) is 0 Å². The fourth-order valence-electron chi connectivity index (χ4n) is 2.90. The largest absolute Gasteiger partial charge is 0.390 e. The average molecular weight is 390 g/mol. The van der Waals surface area contributed by atoms with E-state index in [4.69, 9.17) is 16.4 Å². The highest BCUT2D eigenvalue weighted by atomic mass is 35.5. The van der Waals surface area contributed by atoms with Crippen LogP contribution in [0.4, 0.5) is 9.18 Å². The van der Waals surface area contributed by atoms with Gasteiger partial charge in [0.15, 0.2) is 6.10 Å². The van der Waals surface area contributed by atoms with E-state index in [0.717, 1.165) is 16.8 Å². The van der Waals surface area contributed by atoms with E-state index in [0.29, 0.717) is 31.1 Å². The second-order valence-electron chi connectivity index (χ2n) is 6.28. The van der Waals surface area contributed by atoms with E-state index in [1.54, 1.807) is 23.1 Å². The fraction of sp³-hybridized carbons (Fsp3) is 0.300. The molecule has 0 spiro atoms. The Bertz CT molecular complexity index is 826. The van der Waals surface area contributed by atoms with E-state index in [2.05, 4.69) is 10.5 Å². The first-order valence-corrected chi connectivity index (χ1v) is 9.19. The molecule has 5 nitrogen and oxygen atoms in total. The molecule has 2 aromatic carbocycles. The van der Waals surface area contributed by atoms with Gasteiger partial charge in [-0.2, -0.15) is 0 Å². The number of halogens is 2. The monoisotopic (exact) mass is 389 g/mol. The molecule has 1 N–H and O–H groups in total. The van der Waals surface area contributed by atoms with Crippen molar-refractivity contribution in [1.82, 2.24) is 10.2 Å². The zero-order valence-electron chi connectivity index (χ0n) is 15.0. The lowest BCUT2D eigenvalue weighted by atomic mass is 10.0. The van der Waals surface area contributed by atoms with Crippen molar-refractivity contribution in [3.8, 4) is 0 Å². The van der Waals surface area contributed by atoms with Crippen molar-refractivity contribution >= 4 is 23.3 Å². The quantitative estimate of drug-likeness (QED) is 0.804. The van der Waals surface area contributed by atoms with Crippen LogP contribution in [0.5, 0.6) is 0 Å². The summed E-state index contributed by atoms with van der Waals surface area (Å²) in [5, 5.41) is 7.54. The van der Waals surface area contributed by atoms with Crippen LogP contribution in [-0.2, 0) is 11.4 Å². The number of hydrogen-bond donors (Lipinski definition) is 1. The van der Waals surface area contributed by atoms with Gasteiger partial charge in [0.05, 0.1) is 12.3 Å². The Hall–Kier alpha value is -2.60. The molecule has 3 rings (SSSR count). The summed E-state index contributed by atoms with van der Waals surface area (Å²) in [6, 6.07) is 13.4. The molecule has 142 valence electrons. The minimum absolute atomic E-state index is 0.184. The SMILES string of the molecule is CCNC(=O)N(Cc1ccccc1Cl)CC1CC(c2ccc(F)cc2)=NO1. The van der Waals surface area contributed by atoms with E-state index < -0.39 is 0 Å². The van der Waals surface area contributed by atoms with Crippen LogP contribution in [-0.4, -0.2) is 35.8 Å². The minimum Gasteiger partial charge on any atom is -0.390 e. The van der Waals surface area contributed by atoms with Crippen molar-refractivity contribution in [2.24, 2.45) is 5.16 Å². The Morgan fingerprint density at radius 3 is 2.74 bits per heavy atom. The molecule has 1 aliphatic heterocycles. The molecule has 2 aromatic rings. The van der Waals surface area contributed by atoms with Crippen molar-refractivity contribution in [1.29, 1.82) is 0 Å². The number of nitrogens with zero attached hydrogens (tertiary/aromatic N) is 2. The van der Waals surface area contributed by atoms with Crippen LogP contribution in [0.1, 0.15) is 24.5 Å². The Morgan fingerprint density at radius 2 is 2.04 bits per heavy atom. The van der Waals surface area contributed by atoms with E-state index in [-0.39, 0.29) is 18.0 Å². The molecular weight excluding hydrogens is 369 g/mol. The number of carbonyl (C=O) groups excluding carboxylic acids is 1. The van der Waals surface area contributed by atoms with Crippen LogP contribution in [0.3, 0.4) is 0 Å². The van der Waals surface area contributed by atoms with Crippen LogP contribution in [0.2, 0.25) is 5.02 Å². The maximum Gasteiger partial charge on any atom is 0.317 e.